The lowest BCUT2D eigenvalue weighted by Gasteiger charge is -2.33. The quantitative estimate of drug-likeness (QED) is 0.606. The molecule has 1 heterocycles. The third-order valence-corrected chi connectivity index (χ3v) is 5.57. The van der Waals surface area contributed by atoms with E-state index < -0.39 is 29.4 Å². The number of esters is 2. The van der Waals surface area contributed by atoms with Crippen LogP contribution in [0.5, 0.6) is 0 Å². The van der Waals surface area contributed by atoms with E-state index in [2.05, 4.69) is 5.10 Å². The number of alkyl halides is 3. The van der Waals surface area contributed by atoms with Gasteiger partial charge in [-0.25, -0.2) is 4.79 Å². The van der Waals surface area contributed by atoms with E-state index in [0.717, 1.165) is 10.9 Å². The van der Waals surface area contributed by atoms with Crippen LogP contribution in [0.2, 0.25) is 0 Å². The molecule has 3 atom stereocenters. The number of aromatic nitrogens is 2. The molecule has 1 saturated carbocycles. The minimum absolute atomic E-state index is 0.135. The summed E-state index contributed by atoms with van der Waals surface area (Å²) in [7, 11) is 0. The molecule has 0 saturated heterocycles. The highest BCUT2D eigenvalue weighted by molar-refractivity contribution is 5.90. The molecular formula is C22H25F3N2O4. The van der Waals surface area contributed by atoms with E-state index in [1.54, 1.807) is 37.3 Å². The van der Waals surface area contributed by atoms with Gasteiger partial charge in [0.25, 0.3) is 0 Å². The molecule has 0 aliphatic heterocycles. The predicted molar refractivity (Wildman–Crippen MR) is 105 cm³/mol. The number of benzene rings is 1. The standard InChI is InChI=1S/C22H25F3N2O4/c1-3-30-20(28)17-10-9-16(11-14(17)2)27-19(22(23,24)25)18(12-26-27)21(29)31-13-15-7-5-4-6-8-15/h4-8,12,14,16-17H,3,9-11,13H2,1-2H3. The third kappa shape index (κ3) is 5.26. The topological polar surface area (TPSA) is 70.4 Å². The second-order valence-electron chi connectivity index (χ2n) is 7.71. The lowest BCUT2D eigenvalue weighted by atomic mass is 9.78. The maximum atomic E-state index is 13.9. The van der Waals surface area contributed by atoms with Gasteiger partial charge in [0.2, 0.25) is 0 Å². The minimum atomic E-state index is -4.78. The van der Waals surface area contributed by atoms with Crippen molar-refractivity contribution in [3.05, 3.63) is 53.3 Å². The lowest BCUT2D eigenvalue weighted by molar-refractivity contribution is -0.153. The number of hydrogen-bond donors (Lipinski definition) is 0. The summed E-state index contributed by atoms with van der Waals surface area (Å²) in [5, 5.41) is 3.90. The zero-order valence-corrected chi connectivity index (χ0v) is 17.4. The summed E-state index contributed by atoms with van der Waals surface area (Å²) >= 11 is 0. The summed E-state index contributed by atoms with van der Waals surface area (Å²) < 4.78 is 52.7. The fourth-order valence-electron chi connectivity index (χ4n) is 4.06. The molecule has 6 nitrogen and oxygen atoms in total. The molecule has 2 aromatic rings. The highest BCUT2D eigenvalue weighted by Gasteiger charge is 2.44. The molecule has 3 rings (SSSR count). The van der Waals surface area contributed by atoms with Crippen LogP contribution in [-0.2, 0) is 27.1 Å². The molecule has 168 valence electrons. The molecule has 31 heavy (non-hydrogen) atoms. The van der Waals surface area contributed by atoms with E-state index in [-0.39, 0.29) is 31.0 Å². The zero-order valence-electron chi connectivity index (χ0n) is 17.4. The number of halogens is 3. The van der Waals surface area contributed by atoms with Crippen molar-refractivity contribution >= 4 is 11.9 Å². The highest BCUT2D eigenvalue weighted by atomic mass is 19.4. The Morgan fingerprint density at radius 2 is 1.87 bits per heavy atom. The van der Waals surface area contributed by atoms with E-state index in [1.165, 1.54) is 0 Å². The number of nitrogens with zero attached hydrogens (tertiary/aromatic N) is 2. The summed E-state index contributed by atoms with van der Waals surface area (Å²) in [6.45, 7) is 3.66. The zero-order chi connectivity index (χ0) is 22.6. The van der Waals surface area contributed by atoms with Crippen LogP contribution < -0.4 is 0 Å². The van der Waals surface area contributed by atoms with E-state index in [1.807, 2.05) is 6.92 Å². The van der Waals surface area contributed by atoms with E-state index in [0.29, 0.717) is 24.8 Å². The van der Waals surface area contributed by atoms with Crippen LogP contribution in [0.3, 0.4) is 0 Å². The summed E-state index contributed by atoms with van der Waals surface area (Å²) in [6.07, 6.45) is -2.81. The average Bonchev–Trinajstić information content (AvgIpc) is 3.19. The highest BCUT2D eigenvalue weighted by Crippen LogP contribution is 2.41. The van der Waals surface area contributed by atoms with Gasteiger partial charge in [0.05, 0.1) is 24.8 Å². The molecule has 1 fully saturated rings. The van der Waals surface area contributed by atoms with Crippen LogP contribution in [0.15, 0.2) is 36.5 Å². The number of hydrogen-bond acceptors (Lipinski definition) is 5. The first-order chi connectivity index (χ1) is 14.7. The predicted octanol–water partition coefficient (Wildman–Crippen LogP) is 4.80. The van der Waals surface area contributed by atoms with Crippen molar-refractivity contribution in [1.82, 2.24) is 9.78 Å². The van der Waals surface area contributed by atoms with E-state index in [9.17, 15) is 22.8 Å². The fraction of sp³-hybridized carbons (Fsp3) is 0.500. The second kappa shape index (κ2) is 9.53. The monoisotopic (exact) mass is 438 g/mol. The Labute approximate surface area is 178 Å². The Kier molecular flexibility index (Phi) is 7.02. The molecular weight excluding hydrogens is 413 g/mol. The first kappa shape index (κ1) is 22.8. The van der Waals surface area contributed by atoms with Crippen molar-refractivity contribution in [2.45, 2.75) is 51.9 Å². The molecule has 0 bridgehead atoms. The summed E-state index contributed by atoms with van der Waals surface area (Å²) in [5.41, 5.74) is -1.05. The van der Waals surface area contributed by atoms with Gasteiger partial charge in [-0.3, -0.25) is 9.48 Å². The Morgan fingerprint density at radius 3 is 2.48 bits per heavy atom. The molecule has 1 aromatic carbocycles. The Hall–Kier alpha value is -2.84. The first-order valence-electron chi connectivity index (χ1n) is 10.2. The molecule has 0 radical (unpaired) electrons. The number of rotatable bonds is 6. The number of carbonyl (C=O) groups excluding carboxylic acids is 2. The molecule has 1 aliphatic rings. The minimum Gasteiger partial charge on any atom is -0.466 e. The van der Waals surface area contributed by atoms with Crippen molar-refractivity contribution < 1.29 is 32.2 Å². The SMILES string of the molecule is CCOC(=O)C1CCC(n2ncc(C(=O)OCc3ccccc3)c2C(F)(F)F)CC1C. The summed E-state index contributed by atoms with van der Waals surface area (Å²) in [5.74, 6) is -1.92. The van der Waals surface area contributed by atoms with Gasteiger partial charge in [0, 0.05) is 0 Å². The maximum absolute atomic E-state index is 13.9. The molecule has 0 amide bonds. The third-order valence-electron chi connectivity index (χ3n) is 5.57. The van der Waals surface area contributed by atoms with Crippen LogP contribution in [0.4, 0.5) is 13.2 Å². The van der Waals surface area contributed by atoms with E-state index in [4.69, 9.17) is 9.47 Å². The van der Waals surface area contributed by atoms with Crippen molar-refractivity contribution in [3.63, 3.8) is 0 Å². The Morgan fingerprint density at radius 1 is 1.16 bits per heavy atom. The number of ether oxygens (including phenoxy) is 2. The van der Waals surface area contributed by atoms with Gasteiger partial charge < -0.3 is 9.47 Å². The van der Waals surface area contributed by atoms with Crippen molar-refractivity contribution in [3.8, 4) is 0 Å². The van der Waals surface area contributed by atoms with Crippen molar-refractivity contribution in [2.24, 2.45) is 11.8 Å². The van der Waals surface area contributed by atoms with E-state index >= 15 is 0 Å². The van der Waals surface area contributed by atoms with Crippen LogP contribution in [0.25, 0.3) is 0 Å². The van der Waals surface area contributed by atoms with Crippen LogP contribution in [0, 0.1) is 11.8 Å². The van der Waals surface area contributed by atoms with Crippen LogP contribution in [0.1, 0.15) is 60.8 Å². The average molecular weight is 438 g/mol. The van der Waals surface area contributed by atoms with Gasteiger partial charge in [-0.1, -0.05) is 37.3 Å². The van der Waals surface area contributed by atoms with Gasteiger partial charge >= 0.3 is 18.1 Å². The van der Waals surface area contributed by atoms with Gasteiger partial charge in [0.15, 0.2) is 5.69 Å². The second-order valence-corrected chi connectivity index (χ2v) is 7.71. The first-order valence-corrected chi connectivity index (χ1v) is 10.2. The molecule has 9 heteroatoms. The van der Waals surface area contributed by atoms with Gasteiger partial charge in [-0.2, -0.15) is 18.3 Å². The van der Waals surface area contributed by atoms with Gasteiger partial charge in [-0.15, -0.1) is 0 Å². The lowest BCUT2D eigenvalue weighted by Crippen LogP contribution is -2.33. The normalized spacial score (nSPS) is 21.5. The fourth-order valence-corrected chi connectivity index (χ4v) is 4.06. The molecule has 1 aromatic heterocycles. The maximum Gasteiger partial charge on any atom is 0.433 e. The van der Waals surface area contributed by atoms with Crippen molar-refractivity contribution in [2.75, 3.05) is 6.61 Å². The van der Waals surface area contributed by atoms with Gasteiger partial charge in [0.1, 0.15) is 12.2 Å². The molecule has 3 unspecified atom stereocenters. The van der Waals surface area contributed by atoms with Crippen LogP contribution >= 0.6 is 0 Å². The Bertz CT molecular complexity index is 911. The molecule has 1 aliphatic carbocycles. The molecule has 0 N–H and O–H groups in total. The van der Waals surface area contributed by atoms with Crippen molar-refractivity contribution in [1.29, 1.82) is 0 Å². The summed E-state index contributed by atoms with van der Waals surface area (Å²) in [4.78, 5) is 24.5. The van der Waals surface area contributed by atoms with Crippen LogP contribution in [-0.4, -0.2) is 28.3 Å². The Balaban J connectivity index is 1.78. The summed E-state index contributed by atoms with van der Waals surface area (Å²) in [6, 6.07) is 8.13. The largest absolute Gasteiger partial charge is 0.466 e. The molecule has 0 spiro atoms. The number of carbonyl (C=O) groups is 2. The smallest absolute Gasteiger partial charge is 0.433 e. The van der Waals surface area contributed by atoms with Gasteiger partial charge in [-0.05, 0) is 37.7 Å².